The van der Waals surface area contributed by atoms with Crippen LogP contribution in [0.15, 0.2) is 65.7 Å². The van der Waals surface area contributed by atoms with Crippen LogP contribution >= 0.6 is 7.92 Å². The summed E-state index contributed by atoms with van der Waals surface area (Å²) in [6.45, 7) is 5.61. The highest BCUT2D eigenvalue weighted by molar-refractivity contribution is 7.76. The first-order valence-corrected chi connectivity index (χ1v) is 11.2. The lowest BCUT2D eigenvalue weighted by Gasteiger charge is -2.31. The predicted octanol–water partition coefficient (Wildman–Crippen LogP) is 3.60. The minimum absolute atomic E-state index is 0.130. The van der Waals surface area contributed by atoms with Crippen LogP contribution in [0.3, 0.4) is 0 Å². The average Bonchev–Trinajstić information content (AvgIpc) is 3.24. The lowest BCUT2D eigenvalue weighted by Crippen LogP contribution is -2.35. The topological polar surface area (TPSA) is 24.8 Å². The summed E-state index contributed by atoms with van der Waals surface area (Å²) in [5, 5.41) is 2.75. The van der Waals surface area contributed by atoms with Gasteiger partial charge < -0.3 is 9.64 Å². The van der Waals surface area contributed by atoms with Crippen LogP contribution in [-0.2, 0) is 4.74 Å². The number of nitrogens with zero attached hydrogens (tertiary/aromatic N) is 2. The first-order chi connectivity index (χ1) is 13.8. The van der Waals surface area contributed by atoms with Gasteiger partial charge in [-0.1, -0.05) is 60.7 Å². The second kappa shape index (κ2) is 9.67. The maximum absolute atomic E-state index is 5.43. The van der Waals surface area contributed by atoms with E-state index < -0.39 is 7.92 Å². The third-order valence-electron chi connectivity index (χ3n) is 5.04. The first-order valence-electron chi connectivity index (χ1n) is 9.84. The van der Waals surface area contributed by atoms with Crippen molar-refractivity contribution in [3.05, 3.63) is 91.5 Å². The molecule has 2 aromatic rings. The van der Waals surface area contributed by atoms with Crippen molar-refractivity contribution in [1.82, 2.24) is 4.90 Å². The molecule has 3 nitrogen and oxygen atoms in total. The second-order valence-electron chi connectivity index (χ2n) is 6.96. The Balaban J connectivity index is 1.56. The molecule has 2 aromatic carbocycles. The monoisotopic (exact) mass is 389 g/mol. The molecule has 28 heavy (non-hydrogen) atoms. The van der Waals surface area contributed by atoms with Crippen LogP contribution in [0.25, 0.3) is 0 Å². The molecule has 2 aliphatic rings. The Hall–Kier alpha value is -1.70. The largest absolute Gasteiger partial charge is 0.378 e. The van der Waals surface area contributed by atoms with Crippen molar-refractivity contribution >= 4 is 24.9 Å². The van der Waals surface area contributed by atoms with Crippen LogP contribution in [0.4, 0.5) is 0 Å². The Morgan fingerprint density at radius 2 is 1.54 bits per heavy atom. The van der Waals surface area contributed by atoms with Gasteiger partial charge in [-0.15, -0.1) is 0 Å². The fraction of sp³-hybridized carbons (Fsp3) is 0.250. The van der Waals surface area contributed by atoms with Crippen molar-refractivity contribution in [3.63, 3.8) is 0 Å². The Morgan fingerprint density at radius 1 is 0.929 bits per heavy atom. The summed E-state index contributed by atoms with van der Waals surface area (Å²) in [6.07, 6.45) is 8.70. The average molecular weight is 389 g/mol. The van der Waals surface area contributed by atoms with Crippen molar-refractivity contribution in [3.8, 4) is 0 Å². The minimum Gasteiger partial charge on any atom is -0.378 e. The number of aliphatic imine (C=N–C) groups is 1. The lowest BCUT2D eigenvalue weighted by molar-refractivity contribution is 0.0699. The Morgan fingerprint density at radius 3 is 2.14 bits per heavy atom. The van der Waals surface area contributed by atoms with Gasteiger partial charge in [0, 0.05) is 24.7 Å². The highest BCUT2D eigenvalue weighted by atomic mass is 31.1. The number of hydrogen-bond acceptors (Lipinski definition) is 2. The second-order valence-corrected chi connectivity index (χ2v) is 9.15. The van der Waals surface area contributed by atoms with E-state index >= 15 is 0 Å². The van der Waals surface area contributed by atoms with Gasteiger partial charge in [0.25, 0.3) is 0 Å². The molecule has 0 N–H and O–H groups in total. The van der Waals surface area contributed by atoms with Crippen molar-refractivity contribution in [2.45, 2.75) is 13.0 Å². The van der Waals surface area contributed by atoms with Crippen molar-refractivity contribution < 1.29 is 4.74 Å². The summed E-state index contributed by atoms with van der Waals surface area (Å²) in [6, 6.07) is 21.8. The zero-order valence-electron chi connectivity index (χ0n) is 16.2. The van der Waals surface area contributed by atoms with Crippen molar-refractivity contribution in [1.29, 1.82) is 0 Å². The molecule has 2 fully saturated rings. The molecule has 0 bridgehead atoms. The van der Waals surface area contributed by atoms with E-state index in [2.05, 4.69) is 91.7 Å². The molecule has 0 amide bonds. The van der Waals surface area contributed by atoms with E-state index in [1.54, 1.807) is 0 Å². The molecule has 143 valence electrons. The van der Waals surface area contributed by atoms with Crippen LogP contribution in [0.1, 0.15) is 6.92 Å². The van der Waals surface area contributed by atoms with Gasteiger partial charge >= 0.3 is 0 Å². The van der Waals surface area contributed by atoms with Gasteiger partial charge in [-0.05, 0) is 44.7 Å². The Labute approximate surface area is 170 Å². The van der Waals surface area contributed by atoms with Crippen LogP contribution in [0.5, 0.6) is 0 Å². The molecular formula is C24H26N2OP. The van der Waals surface area contributed by atoms with E-state index in [4.69, 9.17) is 9.73 Å². The van der Waals surface area contributed by atoms with Gasteiger partial charge in [-0.2, -0.15) is 0 Å². The van der Waals surface area contributed by atoms with E-state index in [0.29, 0.717) is 0 Å². The first kappa shape index (κ1) is 19.6. The molecule has 1 aliphatic carbocycles. The normalized spacial score (nSPS) is 20.3. The standard InChI is InChI=1S/C24H26N2OP/c1-20(25-19-26-15-17-27-18-16-26)23-13-8-14-24(23)28(21-9-4-2-5-10-21)22-11-6-3-7-12-22/h2-14,19-20H,15-18H2,1H3. The third kappa shape index (κ3) is 4.64. The van der Waals surface area contributed by atoms with Gasteiger partial charge in [0.2, 0.25) is 0 Å². The van der Waals surface area contributed by atoms with Crippen LogP contribution < -0.4 is 10.6 Å². The number of hydrogen-bond donors (Lipinski definition) is 0. The van der Waals surface area contributed by atoms with Crippen molar-refractivity contribution in [2.24, 2.45) is 4.99 Å². The quantitative estimate of drug-likeness (QED) is 0.428. The maximum atomic E-state index is 5.43. The van der Waals surface area contributed by atoms with Gasteiger partial charge in [0.1, 0.15) is 0 Å². The molecule has 1 unspecified atom stereocenters. The molecule has 5 radical (unpaired) electrons. The number of benzene rings is 2. The number of ether oxygens (including phenoxy) is 1. The van der Waals surface area contributed by atoms with E-state index in [-0.39, 0.29) is 6.04 Å². The zero-order chi connectivity index (χ0) is 19.2. The molecule has 0 aromatic heterocycles. The molecule has 4 heteroatoms. The van der Waals surface area contributed by atoms with E-state index in [1.807, 2.05) is 6.34 Å². The number of rotatable bonds is 6. The smallest absolute Gasteiger partial charge is 0.0854 e. The molecule has 1 saturated heterocycles. The molecule has 1 saturated carbocycles. The predicted molar refractivity (Wildman–Crippen MR) is 119 cm³/mol. The van der Waals surface area contributed by atoms with Crippen LogP contribution in [0, 0.1) is 30.8 Å². The van der Waals surface area contributed by atoms with E-state index in [1.165, 1.54) is 22.2 Å². The maximum Gasteiger partial charge on any atom is 0.0854 e. The molecule has 0 spiro atoms. The molecule has 4 rings (SSSR count). The van der Waals surface area contributed by atoms with Crippen LogP contribution in [0.2, 0.25) is 0 Å². The fourth-order valence-electron chi connectivity index (χ4n) is 3.53. The van der Waals surface area contributed by atoms with Gasteiger partial charge in [0.15, 0.2) is 0 Å². The lowest BCUT2D eigenvalue weighted by atomic mass is 10.00. The highest BCUT2D eigenvalue weighted by Gasteiger charge is 2.39. The summed E-state index contributed by atoms with van der Waals surface area (Å²) in [4.78, 5) is 7.13. The summed E-state index contributed by atoms with van der Waals surface area (Å²) in [5.74, 6) is 1.32. The Kier molecular flexibility index (Phi) is 6.77. The summed E-state index contributed by atoms with van der Waals surface area (Å²) in [5.41, 5.74) is 1.40. The van der Waals surface area contributed by atoms with Gasteiger partial charge in [-0.3, -0.25) is 4.99 Å². The molecule has 1 atom stereocenters. The molecule has 1 heterocycles. The zero-order valence-corrected chi connectivity index (χ0v) is 17.1. The summed E-state index contributed by atoms with van der Waals surface area (Å²) in [7, 11) is -0.595. The molecule has 1 aliphatic heterocycles. The summed E-state index contributed by atoms with van der Waals surface area (Å²) >= 11 is 0. The van der Waals surface area contributed by atoms with Gasteiger partial charge in [-0.25, -0.2) is 0 Å². The van der Waals surface area contributed by atoms with Crippen LogP contribution in [-0.4, -0.2) is 43.6 Å². The fourth-order valence-corrected chi connectivity index (χ4v) is 6.08. The SMILES string of the molecule is CC(N=CN1CCOCC1)[C]1[CH][CH][CH][C]1P(c1ccccc1)c1ccccc1. The van der Waals surface area contributed by atoms with Crippen molar-refractivity contribution in [2.75, 3.05) is 26.3 Å². The summed E-state index contributed by atoms with van der Waals surface area (Å²) < 4.78 is 5.43. The van der Waals surface area contributed by atoms with E-state index in [0.717, 1.165) is 26.3 Å². The number of morpholine rings is 1. The Bertz CT molecular complexity index is 706. The minimum atomic E-state index is -0.595. The highest BCUT2D eigenvalue weighted by Crippen LogP contribution is 2.57. The van der Waals surface area contributed by atoms with Gasteiger partial charge in [0.05, 0.1) is 25.6 Å². The molecular weight excluding hydrogens is 363 g/mol. The third-order valence-corrected chi connectivity index (χ3v) is 7.56. The van der Waals surface area contributed by atoms with E-state index in [9.17, 15) is 0 Å².